The standard InChI is InChI=1S/C23H46O5/c1-2-3-4-13-16-21(25)17-14-11-9-7-5-6-8-10-12-15-18-23(27)28-20-22(26)19-24/h21-22,24-26H,2-20H2,1H3. The summed E-state index contributed by atoms with van der Waals surface area (Å²) in [5.74, 6) is -0.293. The first-order chi connectivity index (χ1) is 13.6. The van der Waals surface area contributed by atoms with Gasteiger partial charge in [0.15, 0.2) is 0 Å². The number of aliphatic hydroxyl groups is 3. The van der Waals surface area contributed by atoms with Gasteiger partial charge in [0.2, 0.25) is 0 Å². The van der Waals surface area contributed by atoms with Crippen LogP contribution in [0.2, 0.25) is 0 Å². The monoisotopic (exact) mass is 402 g/mol. The summed E-state index contributed by atoms with van der Waals surface area (Å²) < 4.78 is 4.87. The molecule has 0 saturated carbocycles. The lowest BCUT2D eigenvalue weighted by molar-refractivity contribution is -0.147. The molecule has 0 fully saturated rings. The van der Waals surface area contributed by atoms with Crippen LogP contribution in [-0.2, 0) is 9.53 Å². The summed E-state index contributed by atoms with van der Waals surface area (Å²) in [6.45, 7) is 1.72. The average Bonchev–Trinajstić information content (AvgIpc) is 2.70. The highest BCUT2D eigenvalue weighted by molar-refractivity contribution is 5.69. The van der Waals surface area contributed by atoms with Crippen LogP contribution in [0.25, 0.3) is 0 Å². The summed E-state index contributed by atoms with van der Waals surface area (Å²) in [6, 6.07) is 0. The third-order valence-corrected chi connectivity index (χ3v) is 5.21. The summed E-state index contributed by atoms with van der Waals surface area (Å²) in [4.78, 5) is 11.4. The Balaban J connectivity index is 3.22. The summed E-state index contributed by atoms with van der Waals surface area (Å²) in [5.41, 5.74) is 0. The van der Waals surface area contributed by atoms with Crippen LogP contribution in [0, 0.1) is 0 Å². The zero-order chi connectivity index (χ0) is 20.9. The Morgan fingerprint density at radius 3 is 1.68 bits per heavy atom. The van der Waals surface area contributed by atoms with E-state index in [-0.39, 0.29) is 25.3 Å². The van der Waals surface area contributed by atoms with Gasteiger partial charge in [-0.25, -0.2) is 0 Å². The molecule has 0 heterocycles. The Labute approximate surface area is 172 Å². The fourth-order valence-corrected chi connectivity index (χ4v) is 3.33. The first kappa shape index (κ1) is 27.4. The van der Waals surface area contributed by atoms with Crippen LogP contribution in [0.5, 0.6) is 0 Å². The molecule has 0 bridgehead atoms. The highest BCUT2D eigenvalue weighted by Crippen LogP contribution is 2.14. The molecule has 2 atom stereocenters. The second-order valence-corrected chi connectivity index (χ2v) is 8.10. The lowest BCUT2D eigenvalue weighted by atomic mass is 10.0. The van der Waals surface area contributed by atoms with E-state index in [4.69, 9.17) is 14.9 Å². The molecule has 0 radical (unpaired) electrons. The van der Waals surface area contributed by atoms with Gasteiger partial charge in [0.25, 0.3) is 0 Å². The highest BCUT2D eigenvalue weighted by atomic mass is 16.5. The molecule has 0 amide bonds. The van der Waals surface area contributed by atoms with E-state index in [2.05, 4.69) is 6.92 Å². The zero-order valence-electron chi connectivity index (χ0n) is 18.2. The third-order valence-electron chi connectivity index (χ3n) is 5.21. The number of carbonyl (C=O) groups excluding carboxylic acids is 1. The highest BCUT2D eigenvalue weighted by Gasteiger charge is 2.07. The lowest BCUT2D eigenvalue weighted by Crippen LogP contribution is -2.21. The first-order valence-electron chi connectivity index (χ1n) is 11.7. The molecule has 5 nitrogen and oxygen atoms in total. The molecule has 5 heteroatoms. The van der Waals surface area contributed by atoms with E-state index in [0.29, 0.717) is 6.42 Å². The minimum atomic E-state index is -0.968. The zero-order valence-corrected chi connectivity index (χ0v) is 18.2. The molecule has 0 aromatic heterocycles. The summed E-state index contributed by atoms with van der Waals surface area (Å²) >= 11 is 0. The van der Waals surface area contributed by atoms with Crippen molar-refractivity contribution in [3.8, 4) is 0 Å². The van der Waals surface area contributed by atoms with Gasteiger partial charge in [-0.2, -0.15) is 0 Å². The van der Waals surface area contributed by atoms with Crippen molar-refractivity contribution in [3.63, 3.8) is 0 Å². The van der Waals surface area contributed by atoms with Crippen LogP contribution in [0.1, 0.15) is 116 Å². The largest absolute Gasteiger partial charge is 0.463 e. The van der Waals surface area contributed by atoms with Gasteiger partial charge in [0.1, 0.15) is 12.7 Å². The topological polar surface area (TPSA) is 87.0 Å². The van der Waals surface area contributed by atoms with E-state index in [0.717, 1.165) is 38.5 Å². The number of ether oxygens (including phenoxy) is 1. The SMILES string of the molecule is CCCCCCC(O)CCCCCCCCCCCCC(=O)OCC(O)CO. The molecule has 2 unspecified atom stereocenters. The van der Waals surface area contributed by atoms with Crippen LogP contribution >= 0.6 is 0 Å². The molecule has 0 spiro atoms. The van der Waals surface area contributed by atoms with Gasteiger partial charge >= 0.3 is 5.97 Å². The number of aliphatic hydroxyl groups excluding tert-OH is 3. The molecular weight excluding hydrogens is 356 g/mol. The number of carbonyl (C=O) groups is 1. The van der Waals surface area contributed by atoms with Crippen LogP contribution in [0.4, 0.5) is 0 Å². The smallest absolute Gasteiger partial charge is 0.305 e. The predicted octanol–water partition coefficient (Wildman–Crippen LogP) is 4.90. The van der Waals surface area contributed by atoms with E-state index < -0.39 is 6.10 Å². The molecule has 168 valence electrons. The van der Waals surface area contributed by atoms with Gasteiger partial charge in [-0.1, -0.05) is 90.4 Å². The van der Waals surface area contributed by atoms with Crippen LogP contribution in [0.3, 0.4) is 0 Å². The second kappa shape index (κ2) is 21.1. The molecular formula is C23H46O5. The summed E-state index contributed by atoms with van der Waals surface area (Å²) in [5, 5.41) is 27.7. The summed E-state index contributed by atoms with van der Waals surface area (Å²) in [7, 11) is 0. The molecule has 0 aliphatic rings. The molecule has 28 heavy (non-hydrogen) atoms. The normalized spacial score (nSPS) is 13.4. The first-order valence-corrected chi connectivity index (χ1v) is 11.7. The molecule has 0 aromatic rings. The number of hydrogen-bond acceptors (Lipinski definition) is 5. The van der Waals surface area contributed by atoms with Crippen molar-refractivity contribution in [1.29, 1.82) is 0 Å². The fourth-order valence-electron chi connectivity index (χ4n) is 3.33. The molecule has 3 N–H and O–H groups in total. The Kier molecular flexibility index (Phi) is 20.6. The fraction of sp³-hybridized carbons (Fsp3) is 0.957. The minimum Gasteiger partial charge on any atom is -0.463 e. The van der Waals surface area contributed by atoms with Crippen molar-refractivity contribution in [2.75, 3.05) is 13.2 Å². The van der Waals surface area contributed by atoms with Crippen molar-refractivity contribution < 1.29 is 24.9 Å². The third kappa shape index (κ3) is 20.1. The van der Waals surface area contributed by atoms with E-state index >= 15 is 0 Å². The van der Waals surface area contributed by atoms with Crippen molar-refractivity contribution in [2.45, 2.75) is 128 Å². The summed E-state index contributed by atoms with van der Waals surface area (Å²) in [6.07, 6.45) is 18.0. The number of unbranched alkanes of at least 4 members (excludes halogenated alkanes) is 12. The van der Waals surface area contributed by atoms with Crippen LogP contribution in [0.15, 0.2) is 0 Å². The van der Waals surface area contributed by atoms with E-state index in [1.165, 1.54) is 64.2 Å². The number of hydrogen-bond donors (Lipinski definition) is 3. The minimum absolute atomic E-state index is 0.0890. The Hall–Kier alpha value is -0.650. The van der Waals surface area contributed by atoms with Gasteiger partial charge in [-0.15, -0.1) is 0 Å². The van der Waals surface area contributed by atoms with Gasteiger partial charge < -0.3 is 20.1 Å². The van der Waals surface area contributed by atoms with Crippen molar-refractivity contribution in [3.05, 3.63) is 0 Å². The van der Waals surface area contributed by atoms with Crippen molar-refractivity contribution in [2.24, 2.45) is 0 Å². The van der Waals surface area contributed by atoms with Crippen LogP contribution < -0.4 is 0 Å². The van der Waals surface area contributed by atoms with Crippen molar-refractivity contribution in [1.82, 2.24) is 0 Å². The van der Waals surface area contributed by atoms with E-state index in [9.17, 15) is 9.90 Å². The average molecular weight is 403 g/mol. The Morgan fingerprint density at radius 2 is 1.18 bits per heavy atom. The van der Waals surface area contributed by atoms with Gasteiger partial charge in [-0.05, 0) is 19.3 Å². The maximum Gasteiger partial charge on any atom is 0.305 e. The second-order valence-electron chi connectivity index (χ2n) is 8.10. The van der Waals surface area contributed by atoms with Crippen molar-refractivity contribution >= 4 is 5.97 Å². The van der Waals surface area contributed by atoms with E-state index in [1.54, 1.807) is 0 Å². The van der Waals surface area contributed by atoms with Gasteiger partial charge in [-0.3, -0.25) is 4.79 Å². The number of esters is 1. The number of rotatable bonds is 21. The molecule has 0 saturated heterocycles. The maximum absolute atomic E-state index is 11.4. The molecule has 0 rings (SSSR count). The molecule has 0 aromatic carbocycles. The maximum atomic E-state index is 11.4. The Bertz CT molecular complexity index is 335. The van der Waals surface area contributed by atoms with Gasteiger partial charge in [0.05, 0.1) is 12.7 Å². The Morgan fingerprint density at radius 1 is 0.714 bits per heavy atom. The quantitative estimate of drug-likeness (QED) is 0.188. The van der Waals surface area contributed by atoms with Gasteiger partial charge in [0, 0.05) is 6.42 Å². The van der Waals surface area contributed by atoms with E-state index in [1.807, 2.05) is 0 Å². The lowest BCUT2D eigenvalue weighted by Gasteiger charge is -2.10. The molecule has 0 aliphatic carbocycles. The predicted molar refractivity (Wildman–Crippen MR) is 114 cm³/mol. The molecule has 0 aliphatic heterocycles. The van der Waals surface area contributed by atoms with Crippen LogP contribution in [-0.4, -0.2) is 46.7 Å².